The Morgan fingerprint density at radius 2 is 1.64 bits per heavy atom. The molecule has 5 heteroatoms. The monoisotopic (exact) mass is 379 g/mol. The average molecular weight is 380 g/mol. The Labute approximate surface area is 167 Å². The van der Waals surface area contributed by atoms with E-state index in [0.717, 1.165) is 38.9 Å². The van der Waals surface area contributed by atoms with Gasteiger partial charge in [-0.3, -0.25) is 9.59 Å². The van der Waals surface area contributed by atoms with E-state index in [9.17, 15) is 9.59 Å². The normalized spacial score (nSPS) is 14.4. The highest BCUT2D eigenvalue weighted by atomic mass is 16.2. The summed E-state index contributed by atoms with van der Waals surface area (Å²) in [4.78, 5) is 26.8. The molecule has 3 rings (SSSR count). The Hall–Kier alpha value is -2.66. The number of carbonyl (C=O) groups excluding carboxylic acids is 2. The molecule has 0 spiro atoms. The van der Waals surface area contributed by atoms with Gasteiger partial charge in [-0.25, -0.2) is 0 Å². The van der Waals surface area contributed by atoms with Crippen LogP contribution in [0, 0.1) is 0 Å². The first-order valence-electron chi connectivity index (χ1n) is 10.2. The van der Waals surface area contributed by atoms with E-state index in [1.54, 1.807) is 6.07 Å². The molecule has 0 saturated carbocycles. The Bertz CT molecular complexity index is 768. The van der Waals surface area contributed by atoms with Crippen molar-refractivity contribution < 1.29 is 9.59 Å². The summed E-state index contributed by atoms with van der Waals surface area (Å²) in [7, 11) is 0. The lowest BCUT2D eigenvalue weighted by Crippen LogP contribution is -2.32. The maximum Gasteiger partial charge on any atom is 0.253 e. The summed E-state index contributed by atoms with van der Waals surface area (Å²) in [5.41, 5.74) is 2.54. The highest BCUT2D eigenvalue weighted by Crippen LogP contribution is 2.16. The van der Waals surface area contributed by atoms with E-state index in [2.05, 4.69) is 22.8 Å². The first kappa shape index (κ1) is 20.1. The second kappa shape index (κ2) is 10.6. The smallest absolute Gasteiger partial charge is 0.253 e. The molecule has 0 aromatic heterocycles. The molecule has 2 aromatic carbocycles. The third-order valence-corrected chi connectivity index (χ3v) is 5.01. The highest BCUT2D eigenvalue weighted by Gasteiger charge is 2.17. The van der Waals surface area contributed by atoms with Crippen LogP contribution in [-0.4, -0.2) is 42.9 Å². The molecule has 1 fully saturated rings. The molecule has 0 bridgehead atoms. The van der Waals surface area contributed by atoms with Crippen LogP contribution in [0.15, 0.2) is 54.6 Å². The lowest BCUT2D eigenvalue weighted by atomic mass is 10.1. The molecule has 1 saturated heterocycles. The summed E-state index contributed by atoms with van der Waals surface area (Å²) in [5, 5.41) is 6.04. The number of benzene rings is 2. The molecule has 2 aromatic rings. The van der Waals surface area contributed by atoms with Crippen LogP contribution in [-0.2, 0) is 11.2 Å². The number of rotatable bonds is 7. The van der Waals surface area contributed by atoms with Gasteiger partial charge in [0.15, 0.2) is 0 Å². The lowest BCUT2D eigenvalue weighted by Gasteiger charge is -2.20. The van der Waals surface area contributed by atoms with E-state index in [0.29, 0.717) is 11.3 Å². The van der Waals surface area contributed by atoms with Gasteiger partial charge in [-0.2, -0.15) is 0 Å². The molecule has 0 radical (unpaired) electrons. The van der Waals surface area contributed by atoms with E-state index < -0.39 is 0 Å². The quantitative estimate of drug-likeness (QED) is 0.724. The van der Waals surface area contributed by atoms with Gasteiger partial charge in [0.25, 0.3) is 5.91 Å². The predicted molar refractivity (Wildman–Crippen MR) is 112 cm³/mol. The zero-order valence-electron chi connectivity index (χ0n) is 16.3. The van der Waals surface area contributed by atoms with Crippen LogP contribution in [0.25, 0.3) is 0 Å². The molecule has 0 aliphatic carbocycles. The molecule has 0 atom stereocenters. The maximum absolute atomic E-state index is 12.7. The van der Waals surface area contributed by atoms with Gasteiger partial charge in [0.1, 0.15) is 0 Å². The molecule has 148 valence electrons. The summed E-state index contributed by atoms with van der Waals surface area (Å²) in [6, 6.07) is 17.4. The lowest BCUT2D eigenvalue weighted by molar-refractivity contribution is -0.115. The van der Waals surface area contributed by atoms with Crippen molar-refractivity contribution in [2.75, 3.05) is 31.5 Å². The van der Waals surface area contributed by atoms with Gasteiger partial charge in [0, 0.05) is 24.3 Å². The zero-order chi connectivity index (χ0) is 19.6. The van der Waals surface area contributed by atoms with Crippen LogP contribution in [0.3, 0.4) is 0 Å². The van der Waals surface area contributed by atoms with E-state index >= 15 is 0 Å². The van der Waals surface area contributed by atoms with Crippen LogP contribution in [0.5, 0.6) is 0 Å². The minimum absolute atomic E-state index is 0.0546. The van der Waals surface area contributed by atoms with Crippen molar-refractivity contribution >= 4 is 17.5 Å². The van der Waals surface area contributed by atoms with E-state index in [1.807, 2.05) is 41.3 Å². The Morgan fingerprint density at radius 3 is 2.39 bits per heavy atom. The third-order valence-electron chi connectivity index (χ3n) is 5.01. The number of hydrogen-bond acceptors (Lipinski definition) is 3. The largest absolute Gasteiger partial charge is 0.339 e. The fourth-order valence-electron chi connectivity index (χ4n) is 3.47. The van der Waals surface area contributed by atoms with Crippen molar-refractivity contribution in [3.05, 3.63) is 65.7 Å². The topological polar surface area (TPSA) is 61.4 Å². The van der Waals surface area contributed by atoms with Crippen molar-refractivity contribution in [1.29, 1.82) is 0 Å². The van der Waals surface area contributed by atoms with Crippen LogP contribution in [0.1, 0.15) is 41.6 Å². The molecule has 1 heterocycles. The molecule has 5 nitrogen and oxygen atoms in total. The predicted octanol–water partition coefficient (Wildman–Crippen LogP) is 3.47. The van der Waals surface area contributed by atoms with Crippen LogP contribution < -0.4 is 10.6 Å². The molecule has 2 amide bonds. The Morgan fingerprint density at radius 1 is 0.893 bits per heavy atom. The van der Waals surface area contributed by atoms with Crippen molar-refractivity contribution in [3.8, 4) is 0 Å². The van der Waals surface area contributed by atoms with E-state index in [1.165, 1.54) is 18.4 Å². The molecule has 2 N–H and O–H groups in total. The first-order chi connectivity index (χ1) is 13.7. The minimum Gasteiger partial charge on any atom is -0.339 e. The Balaban J connectivity index is 1.46. The van der Waals surface area contributed by atoms with Gasteiger partial charge >= 0.3 is 0 Å². The minimum atomic E-state index is -0.104. The number of anilines is 1. The fourth-order valence-corrected chi connectivity index (χ4v) is 3.47. The number of likely N-dealkylation sites (tertiary alicyclic amines) is 1. The summed E-state index contributed by atoms with van der Waals surface area (Å²) >= 11 is 0. The summed E-state index contributed by atoms with van der Waals surface area (Å²) in [5.74, 6) is -0.0496. The maximum atomic E-state index is 12.7. The third kappa shape index (κ3) is 6.20. The van der Waals surface area contributed by atoms with Crippen molar-refractivity contribution in [2.45, 2.75) is 32.1 Å². The highest BCUT2D eigenvalue weighted by molar-refractivity contribution is 5.97. The number of hydrogen-bond donors (Lipinski definition) is 2. The molecule has 1 aliphatic rings. The zero-order valence-corrected chi connectivity index (χ0v) is 16.3. The van der Waals surface area contributed by atoms with Gasteiger partial charge in [-0.15, -0.1) is 0 Å². The molecular weight excluding hydrogens is 350 g/mol. The summed E-state index contributed by atoms with van der Waals surface area (Å²) in [6.45, 7) is 2.63. The van der Waals surface area contributed by atoms with E-state index in [-0.39, 0.29) is 18.4 Å². The first-order valence-corrected chi connectivity index (χ1v) is 10.2. The van der Waals surface area contributed by atoms with E-state index in [4.69, 9.17) is 0 Å². The van der Waals surface area contributed by atoms with Crippen molar-refractivity contribution in [2.24, 2.45) is 0 Å². The van der Waals surface area contributed by atoms with Crippen LogP contribution in [0.2, 0.25) is 0 Å². The van der Waals surface area contributed by atoms with Crippen LogP contribution in [0.4, 0.5) is 5.69 Å². The van der Waals surface area contributed by atoms with Gasteiger partial charge in [-0.1, -0.05) is 49.2 Å². The average Bonchev–Trinajstić information content (AvgIpc) is 3.01. The van der Waals surface area contributed by atoms with Gasteiger partial charge in [0.05, 0.1) is 6.54 Å². The standard InChI is InChI=1S/C23H29N3O2/c27-22(18-24-14-13-19-9-4-3-5-10-19)25-21-12-8-11-20(17-21)23(28)26-15-6-1-2-7-16-26/h3-5,8-12,17,24H,1-2,6-7,13-16,18H2,(H,25,27). The molecule has 0 unspecified atom stereocenters. The fraction of sp³-hybridized carbons (Fsp3) is 0.391. The van der Waals surface area contributed by atoms with Gasteiger partial charge in [-0.05, 0) is 49.6 Å². The Kier molecular flexibility index (Phi) is 7.62. The van der Waals surface area contributed by atoms with Crippen molar-refractivity contribution in [1.82, 2.24) is 10.2 Å². The van der Waals surface area contributed by atoms with Gasteiger partial charge in [0.2, 0.25) is 5.91 Å². The van der Waals surface area contributed by atoms with Gasteiger partial charge < -0.3 is 15.5 Å². The van der Waals surface area contributed by atoms with Crippen molar-refractivity contribution in [3.63, 3.8) is 0 Å². The number of nitrogens with zero attached hydrogens (tertiary/aromatic N) is 1. The SMILES string of the molecule is O=C(CNCCc1ccccc1)Nc1cccc(C(=O)N2CCCCCC2)c1. The molecule has 28 heavy (non-hydrogen) atoms. The number of nitrogens with one attached hydrogen (secondary N) is 2. The second-order valence-electron chi connectivity index (χ2n) is 7.25. The summed E-state index contributed by atoms with van der Waals surface area (Å²) < 4.78 is 0. The number of carbonyl (C=O) groups is 2. The summed E-state index contributed by atoms with van der Waals surface area (Å²) in [6.07, 6.45) is 5.40. The number of amides is 2. The molecular formula is C23H29N3O2. The second-order valence-corrected chi connectivity index (χ2v) is 7.25. The molecule has 1 aliphatic heterocycles. The van der Waals surface area contributed by atoms with Crippen LogP contribution >= 0.6 is 0 Å².